The SMILES string of the molecule is O=P(O)(O)C(CNCCCCCCCCCCCCS(=O)(=O)O)P(=O)(O)O. The van der Waals surface area contributed by atoms with Crippen molar-refractivity contribution < 1.29 is 41.7 Å². The minimum atomic E-state index is -4.86. The zero-order valence-corrected chi connectivity index (χ0v) is 18.0. The Balaban J connectivity index is 3.53. The standard InChI is InChI=1S/C14H33NO9P2S/c16-25(17,18)14(26(19,20)21)13-15-11-9-7-5-3-1-2-4-6-8-10-12-27(22,23)24/h14-15H,1-13H2,(H2,16,17,18)(H2,19,20,21)(H,22,23,24). The summed E-state index contributed by atoms with van der Waals surface area (Å²) in [6.45, 7) is 0.0103. The predicted molar refractivity (Wildman–Crippen MR) is 103 cm³/mol. The van der Waals surface area contributed by atoms with Crippen molar-refractivity contribution in [2.24, 2.45) is 0 Å². The van der Waals surface area contributed by atoms with Crippen molar-refractivity contribution in [3.63, 3.8) is 0 Å². The van der Waals surface area contributed by atoms with Gasteiger partial charge in [-0.3, -0.25) is 13.7 Å². The van der Waals surface area contributed by atoms with Crippen LogP contribution in [0.3, 0.4) is 0 Å². The predicted octanol–water partition coefficient (Wildman–Crippen LogP) is 2.05. The van der Waals surface area contributed by atoms with E-state index in [0.29, 0.717) is 13.0 Å². The third-order valence-corrected chi connectivity index (χ3v) is 8.64. The van der Waals surface area contributed by atoms with E-state index >= 15 is 0 Å². The van der Waals surface area contributed by atoms with Gasteiger partial charge in [-0.1, -0.05) is 51.4 Å². The summed E-state index contributed by atoms with van der Waals surface area (Å²) in [5.74, 6) is -0.176. The fourth-order valence-corrected chi connectivity index (χ4v) is 5.48. The van der Waals surface area contributed by atoms with Gasteiger partial charge < -0.3 is 24.9 Å². The van der Waals surface area contributed by atoms with E-state index in [1.165, 1.54) is 0 Å². The van der Waals surface area contributed by atoms with Crippen LogP contribution in [0, 0.1) is 0 Å². The van der Waals surface area contributed by atoms with Gasteiger partial charge in [0.2, 0.25) is 0 Å². The van der Waals surface area contributed by atoms with Crippen LogP contribution in [0.25, 0.3) is 0 Å². The molecule has 13 heteroatoms. The maximum Gasteiger partial charge on any atom is 0.342 e. The monoisotopic (exact) mass is 453 g/mol. The Kier molecular flexibility index (Phi) is 13.5. The summed E-state index contributed by atoms with van der Waals surface area (Å²) in [6.07, 6.45) is 9.11. The maximum atomic E-state index is 11.1. The summed E-state index contributed by atoms with van der Waals surface area (Å²) in [5, 5.41) is 0.697. The molecule has 0 saturated carbocycles. The first-order valence-electron chi connectivity index (χ1n) is 9.10. The first kappa shape index (κ1) is 27.2. The van der Waals surface area contributed by atoms with Gasteiger partial charge >= 0.3 is 15.2 Å². The van der Waals surface area contributed by atoms with Gasteiger partial charge in [-0.05, 0) is 19.4 Å². The van der Waals surface area contributed by atoms with Crippen LogP contribution < -0.4 is 5.32 Å². The van der Waals surface area contributed by atoms with Gasteiger partial charge in [-0.25, -0.2) is 0 Å². The fourth-order valence-electron chi connectivity index (χ4n) is 2.61. The number of hydrogen-bond donors (Lipinski definition) is 6. The van der Waals surface area contributed by atoms with Gasteiger partial charge in [0.25, 0.3) is 10.1 Å². The smallest absolute Gasteiger partial charge is 0.324 e. The van der Waals surface area contributed by atoms with Gasteiger partial charge in [0.1, 0.15) is 0 Å². The van der Waals surface area contributed by atoms with Crippen LogP contribution in [-0.4, -0.2) is 56.8 Å². The van der Waals surface area contributed by atoms with E-state index < -0.39 is 37.3 Å². The lowest BCUT2D eigenvalue weighted by molar-refractivity contribution is 0.336. The molecule has 0 aromatic heterocycles. The average molecular weight is 453 g/mol. The highest BCUT2D eigenvalue weighted by Crippen LogP contribution is 2.59. The van der Waals surface area contributed by atoms with Crippen LogP contribution in [0.1, 0.15) is 64.2 Å². The topological polar surface area (TPSA) is 181 Å². The molecule has 0 aromatic rings. The van der Waals surface area contributed by atoms with Crippen LogP contribution >= 0.6 is 15.2 Å². The number of nitrogens with one attached hydrogen (secondary N) is 1. The second kappa shape index (κ2) is 13.4. The van der Waals surface area contributed by atoms with Crippen molar-refractivity contribution >= 4 is 25.3 Å². The number of rotatable bonds is 17. The number of hydrogen-bond acceptors (Lipinski definition) is 5. The molecule has 0 spiro atoms. The molecule has 27 heavy (non-hydrogen) atoms. The second-order valence-electron chi connectivity index (χ2n) is 6.68. The Morgan fingerprint density at radius 3 is 1.44 bits per heavy atom. The molecule has 0 bridgehead atoms. The third kappa shape index (κ3) is 16.8. The molecule has 0 rings (SSSR count). The molecule has 0 aliphatic rings. The Morgan fingerprint density at radius 2 is 1.07 bits per heavy atom. The van der Waals surface area contributed by atoms with Crippen LogP contribution in [-0.2, 0) is 19.2 Å². The molecule has 0 amide bonds. The van der Waals surface area contributed by atoms with Gasteiger partial charge in [-0.15, -0.1) is 0 Å². The zero-order valence-electron chi connectivity index (χ0n) is 15.4. The van der Waals surface area contributed by atoms with Crippen molar-refractivity contribution in [1.29, 1.82) is 0 Å². The zero-order chi connectivity index (χ0) is 21.0. The lowest BCUT2D eigenvalue weighted by Gasteiger charge is -2.19. The highest BCUT2D eigenvalue weighted by molar-refractivity contribution is 7.85. The van der Waals surface area contributed by atoms with Gasteiger partial charge in [0.05, 0.1) is 5.75 Å². The lowest BCUT2D eigenvalue weighted by Crippen LogP contribution is -2.27. The summed E-state index contributed by atoms with van der Waals surface area (Å²) in [6, 6.07) is 0. The van der Waals surface area contributed by atoms with Gasteiger partial charge in [0, 0.05) is 6.54 Å². The second-order valence-corrected chi connectivity index (χ2v) is 12.3. The molecule has 0 atom stereocenters. The summed E-state index contributed by atoms with van der Waals surface area (Å²) in [5.41, 5.74) is 0. The van der Waals surface area contributed by atoms with E-state index in [1.807, 2.05) is 0 Å². The molecular formula is C14H33NO9P2S. The maximum absolute atomic E-state index is 11.1. The Labute approximate surface area is 161 Å². The molecule has 0 fully saturated rings. The van der Waals surface area contributed by atoms with Crippen LogP contribution in [0.2, 0.25) is 0 Å². The van der Waals surface area contributed by atoms with E-state index in [2.05, 4.69) is 5.32 Å². The van der Waals surface area contributed by atoms with E-state index in [4.69, 9.17) is 24.1 Å². The van der Waals surface area contributed by atoms with Crippen molar-refractivity contribution in [1.82, 2.24) is 5.32 Å². The normalized spacial score (nSPS) is 13.4. The Bertz CT molecular complexity index is 565. The van der Waals surface area contributed by atoms with E-state index in [0.717, 1.165) is 57.8 Å². The molecule has 164 valence electrons. The van der Waals surface area contributed by atoms with E-state index in [9.17, 15) is 17.5 Å². The summed E-state index contributed by atoms with van der Waals surface area (Å²) in [7, 11) is -13.6. The molecule has 0 heterocycles. The van der Waals surface area contributed by atoms with Gasteiger partial charge in [-0.2, -0.15) is 8.42 Å². The average Bonchev–Trinajstić information content (AvgIpc) is 2.47. The van der Waals surface area contributed by atoms with Crippen LogP contribution in [0.4, 0.5) is 0 Å². The molecule has 0 saturated heterocycles. The highest BCUT2D eigenvalue weighted by Gasteiger charge is 2.42. The fraction of sp³-hybridized carbons (Fsp3) is 1.00. The molecule has 0 aromatic carbocycles. The minimum absolute atomic E-state index is 0.176. The van der Waals surface area contributed by atoms with Crippen molar-refractivity contribution in [3.8, 4) is 0 Å². The van der Waals surface area contributed by atoms with Crippen LogP contribution in [0.5, 0.6) is 0 Å². The molecule has 0 aliphatic carbocycles. The molecule has 0 unspecified atom stereocenters. The lowest BCUT2D eigenvalue weighted by atomic mass is 10.1. The van der Waals surface area contributed by atoms with Crippen molar-refractivity contribution in [3.05, 3.63) is 0 Å². The molecule has 10 nitrogen and oxygen atoms in total. The third-order valence-electron chi connectivity index (χ3n) is 4.11. The highest BCUT2D eigenvalue weighted by atomic mass is 32.2. The first-order valence-corrected chi connectivity index (χ1v) is 14.1. The Hall–Kier alpha value is 0.170. The molecule has 0 aliphatic heterocycles. The van der Waals surface area contributed by atoms with E-state index in [1.54, 1.807) is 0 Å². The van der Waals surface area contributed by atoms with Crippen molar-refractivity contribution in [2.45, 2.75) is 69.6 Å². The quantitative estimate of drug-likeness (QED) is 0.108. The molecule has 6 N–H and O–H groups in total. The van der Waals surface area contributed by atoms with Gasteiger partial charge in [0.15, 0.2) is 5.40 Å². The molecular weight excluding hydrogens is 420 g/mol. The summed E-state index contributed by atoms with van der Waals surface area (Å²) < 4.78 is 51.9. The largest absolute Gasteiger partial charge is 0.342 e. The minimum Gasteiger partial charge on any atom is -0.324 e. The summed E-state index contributed by atoms with van der Waals surface area (Å²) in [4.78, 5) is 35.9. The van der Waals surface area contributed by atoms with E-state index in [-0.39, 0.29) is 5.75 Å². The Morgan fingerprint density at radius 1 is 0.704 bits per heavy atom. The summed E-state index contributed by atoms with van der Waals surface area (Å²) >= 11 is 0. The van der Waals surface area contributed by atoms with Crippen molar-refractivity contribution in [2.75, 3.05) is 18.8 Å². The van der Waals surface area contributed by atoms with Crippen LogP contribution in [0.15, 0.2) is 0 Å². The molecule has 0 radical (unpaired) electrons. The number of unbranched alkanes of at least 4 members (excludes halogenated alkanes) is 9. The first-order chi connectivity index (χ1) is 12.3.